The van der Waals surface area contributed by atoms with Crippen molar-refractivity contribution in [3.63, 3.8) is 0 Å². The lowest BCUT2D eigenvalue weighted by Crippen LogP contribution is -2.35. The molecule has 0 aliphatic carbocycles. The van der Waals surface area contributed by atoms with Gasteiger partial charge < -0.3 is 10.2 Å². The first-order chi connectivity index (χ1) is 13.8. The monoisotopic (exact) mass is 398 g/mol. The fourth-order valence-corrected chi connectivity index (χ4v) is 3.48. The highest BCUT2D eigenvalue weighted by Gasteiger charge is 2.34. The Morgan fingerprint density at radius 3 is 2.45 bits per heavy atom. The summed E-state index contributed by atoms with van der Waals surface area (Å²) in [7, 11) is 0. The van der Waals surface area contributed by atoms with E-state index in [0.717, 1.165) is 23.7 Å². The summed E-state index contributed by atoms with van der Waals surface area (Å²) >= 11 is 0. The molecule has 1 amide bonds. The van der Waals surface area contributed by atoms with E-state index in [2.05, 4.69) is 15.3 Å². The lowest BCUT2D eigenvalue weighted by atomic mass is 10.1. The van der Waals surface area contributed by atoms with E-state index < -0.39 is 11.7 Å². The van der Waals surface area contributed by atoms with E-state index in [4.69, 9.17) is 0 Å². The molecule has 2 aromatic carbocycles. The Balaban J connectivity index is 1.56. The van der Waals surface area contributed by atoms with E-state index in [1.807, 2.05) is 31.2 Å². The second kappa shape index (κ2) is 7.20. The van der Waals surface area contributed by atoms with Crippen LogP contribution in [0.3, 0.4) is 0 Å². The fourth-order valence-electron chi connectivity index (χ4n) is 3.48. The average molecular weight is 398 g/mol. The number of aromatic nitrogens is 2. The molecule has 3 aromatic rings. The molecular weight excluding hydrogens is 381 g/mol. The number of para-hydroxylation sites is 2. The normalized spacial score (nSPS) is 15.9. The van der Waals surface area contributed by atoms with E-state index in [0.29, 0.717) is 0 Å². The number of hydrogen-bond acceptors (Lipinski definition) is 4. The summed E-state index contributed by atoms with van der Waals surface area (Å²) in [5, 5.41) is 2.57. The molecule has 1 aliphatic rings. The van der Waals surface area contributed by atoms with Crippen molar-refractivity contribution in [3.8, 4) is 0 Å². The van der Waals surface area contributed by atoms with Crippen molar-refractivity contribution in [2.75, 3.05) is 10.2 Å². The zero-order chi connectivity index (χ0) is 20.6. The van der Waals surface area contributed by atoms with Gasteiger partial charge in [0.05, 0.1) is 16.8 Å². The maximum absolute atomic E-state index is 13.1. The zero-order valence-corrected chi connectivity index (χ0v) is 15.4. The molecule has 8 heteroatoms. The van der Waals surface area contributed by atoms with Gasteiger partial charge >= 0.3 is 6.18 Å². The summed E-state index contributed by atoms with van der Waals surface area (Å²) in [6.45, 7) is 1.96. The second-order valence-electron chi connectivity index (χ2n) is 6.82. The smallest absolute Gasteiger partial charge is 0.324 e. The maximum atomic E-state index is 13.1. The molecule has 0 radical (unpaired) electrons. The van der Waals surface area contributed by atoms with Crippen LogP contribution < -0.4 is 10.2 Å². The highest BCUT2D eigenvalue weighted by molar-refractivity contribution is 6.07. The summed E-state index contributed by atoms with van der Waals surface area (Å²) in [5.41, 5.74) is 1.25. The Morgan fingerprint density at radius 1 is 1.07 bits per heavy atom. The highest BCUT2D eigenvalue weighted by Crippen LogP contribution is 2.36. The molecule has 0 saturated heterocycles. The van der Waals surface area contributed by atoms with Gasteiger partial charge in [0.15, 0.2) is 0 Å². The van der Waals surface area contributed by atoms with Crippen LogP contribution in [0.25, 0.3) is 0 Å². The lowest BCUT2D eigenvalue weighted by Gasteiger charge is -2.22. The van der Waals surface area contributed by atoms with Crippen LogP contribution in [0.2, 0.25) is 0 Å². The van der Waals surface area contributed by atoms with Gasteiger partial charge in [0.1, 0.15) is 0 Å². The van der Waals surface area contributed by atoms with Crippen molar-refractivity contribution in [3.05, 3.63) is 77.6 Å². The van der Waals surface area contributed by atoms with Gasteiger partial charge in [0.2, 0.25) is 5.95 Å². The maximum Gasteiger partial charge on any atom is 0.418 e. The Morgan fingerprint density at radius 2 is 1.72 bits per heavy atom. The number of nitrogens with one attached hydrogen (secondary N) is 1. The first kappa shape index (κ1) is 18.9. The predicted octanol–water partition coefficient (Wildman–Crippen LogP) is 4.83. The highest BCUT2D eigenvalue weighted by atomic mass is 19.4. The topological polar surface area (TPSA) is 58.1 Å². The number of nitrogens with zero attached hydrogens (tertiary/aromatic N) is 3. The first-order valence-electron chi connectivity index (χ1n) is 9.01. The minimum Gasteiger partial charge on any atom is -0.324 e. The number of alkyl halides is 3. The molecule has 0 saturated carbocycles. The number of carbonyl (C=O) groups is 1. The van der Waals surface area contributed by atoms with E-state index >= 15 is 0 Å². The summed E-state index contributed by atoms with van der Waals surface area (Å²) in [4.78, 5) is 22.7. The van der Waals surface area contributed by atoms with E-state index in [-0.39, 0.29) is 29.1 Å². The molecule has 0 bridgehead atoms. The van der Waals surface area contributed by atoms with Crippen molar-refractivity contribution >= 4 is 23.2 Å². The molecule has 1 aliphatic heterocycles. The van der Waals surface area contributed by atoms with Crippen LogP contribution >= 0.6 is 0 Å². The van der Waals surface area contributed by atoms with Crippen molar-refractivity contribution < 1.29 is 18.0 Å². The van der Waals surface area contributed by atoms with Crippen LogP contribution in [-0.2, 0) is 12.6 Å². The van der Waals surface area contributed by atoms with Crippen LogP contribution in [0.5, 0.6) is 0 Å². The number of amides is 1. The zero-order valence-electron chi connectivity index (χ0n) is 15.4. The van der Waals surface area contributed by atoms with Gasteiger partial charge in [0.25, 0.3) is 5.91 Å². The number of fused-ring (bicyclic) bond motifs is 1. The Bertz CT molecular complexity index is 1050. The molecule has 0 fully saturated rings. The van der Waals surface area contributed by atoms with Crippen LogP contribution in [-0.4, -0.2) is 21.9 Å². The van der Waals surface area contributed by atoms with Gasteiger partial charge in [0, 0.05) is 24.1 Å². The standard InChI is InChI=1S/C21H17F3N4O/c1-13-10-14-6-2-5-9-18(14)28(13)19(29)15-11-25-20(26-12-15)27-17-8-4-3-7-16(17)21(22,23)24/h2-9,11-13H,10H2,1H3,(H,25,26,27). The third-order valence-electron chi connectivity index (χ3n) is 4.80. The summed E-state index contributed by atoms with van der Waals surface area (Å²) in [6, 6.07) is 12.8. The minimum atomic E-state index is -4.50. The van der Waals surface area contributed by atoms with E-state index in [9.17, 15) is 18.0 Å². The molecule has 1 N–H and O–H groups in total. The summed E-state index contributed by atoms with van der Waals surface area (Å²) in [6.07, 6.45) is -1.10. The largest absolute Gasteiger partial charge is 0.418 e. The third-order valence-corrected chi connectivity index (χ3v) is 4.80. The van der Waals surface area contributed by atoms with Crippen LogP contribution in [0.1, 0.15) is 28.4 Å². The van der Waals surface area contributed by atoms with Gasteiger partial charge in [-0.25, -0.2) is 9.97 Å². The quantitative estimate of drug-likeness (QED) is 0.687. The Labute approximate surface area is 165 Å². The second-order valence-corrected chi connectivity index (χ2v) is 6.82. The number of rotatable bonds is 3. The number of anilines is 3. The van der Waals surface area contributed by atoms with Crippen LogP contribution in [0, 0.1) is 0 Å². The van der Waals surface area contributed by atoms with Gasteiger partial charge in [-0.15, -0.1) is 0 Å². The molecular formula is C21H17F3N4O. The Hall–Kier alpha value is -3.42. The summed E-state index contributed by atoms with van der Waals surface area (Å²) in [5.74, 6) is -0.266. The van der Waals surface area contributed by atoms with Crippen LogP contribution in [0.4, 0.5) is 30.5 Å². The van der Waals surface area contributed by atoms with Crippen molar-refractivity contribution in [1.29, 1.82) is 0 Å². The number of hydrogen-bond donors (Lipinski definition) is 1. The molecule has 1 atom stereocenters. The van der Waals surface area contributed by atoms with Gasteiger partial charge in [-0.3, -0.25) is 4.79 Å². The molecule has 1 unspecified atom stereocenters. The third kappa shape index (κ3) is 3.65. The Kier molecular flexibility index (Phi) is 4.70. The molecule has 29 heavy (non-hydrogen) atoms. The predicted molar refractivity (Wildman–Crippen MR) is 103 cm³/mol. The van der Waals surface area contributed by atoms with Crippen molar-refractivity contribution in [2.45, 2.75) is 25.6 Å². The average Bonchev–Trinajstić information content (AvgIpc) is 3.03. The number of carbonyl (C=O) groups excluding carboxylic acids is 1. The molecule has 5 nitrogen and oxygen atoms in total. The molecule has 148 valence electrons. The van der Waals surface area contributed by atoms with Crippen molar-refractivity contribution in [2.24, 2.45) is 0 Å². The van der Waals surface area contributed by atoms with Crippen molar-refractivity contribution in [1.82, 2.24) is 9.97 Å². The molecule has 4 rings (SSSR count). The van der Waals surface area contributed by atoms with Crippen LogP contribution in [0.15, 0.2) is 60.9 Å². The SMILES string of the molecule is CC1Cc2ccccc2N1C(=O)c1cnc(Nc2ccccc2C(F)(F)F)nc1. The molecule has 2 heterocycles. The van der Waals surface area contributed by atoms with Gasteiger partial charge in [-0.05, 0) is 37.1 Å². The lowest BCUT2D eigenvalue weighted by molar-refractivity contribution is -0.136. The van der Waals surface area contributed by atoms with E-state index in [1.54, 1.807) is 4.90 Å². The first-order valence-corrected chi connectivity index (χ1v) is 9.01. The molecule has 0 spiro atoms. The molecule has 1 aromatic heterocycles. The number of benzene rings is 2. The summed E-state index contributed by atoms with van der Waals surface area (Å²) < 4.78 is 39.4. The van der Waals surface area contributed by atoms with E-state index in [1.165, 1.54) is 30.6 Å². The van der Waals surface area contributed by atoms with Gasteiger partial charge in [-0.2, -0.15) is 13.2 Å². The van der Waals surface area contributed by atoms with Gasteiger partial charge in [-0.1, -0.05) is 30.3 Å². The fraction of sp³-hybridized carbons (Fsp3) is 0.190. The minimum absolute atomic E-state index is 0.00337. The number of halogens is 3.